The fourth-order valence-corrected chi connectivity index (χ4v) is 2.46. The Morgan fingerprint density at radius 3 is 2.96 bits per heavy atom. The molecule has 1 aliphatic heterocycles. The van der Waals surface area contributed by atoms with Gasteiger partial charge in [-0.1, -0.05) is 5.16 Å². The van der Waals surface area contributed by atoms with Crippen molar-refractivity contribution in [3.8, 4) is 11.6 Å². The lowest BCUT2D eigenvalue weighted by atomic mass is 10.3. The Labute approximate surface area is 146 Å². The number of hydrogen-bond donors (Lipinski definition) is 2. The Balaban J connectivity index is 0.00000208. The van der Waals surface area contributed by atoms with Gasteiger partial charge in [0.1, 0.15) is 0 Å². The SMILES string of the molecule is Cl.O=C(CCc1nc(-c2ccco2)no1)NCCN1CCNCC1. The highest BCUT2D eigenvalue weighted by molar-refractivity contribution is 5.85. The lowest BCUT2D eigenvalue weighted by molar-refractivity contribution is -0.121. The maximum atomic E-state index is 11.8. The number of aryl methyl sites for hydroxylation is 1. The van der Waals surface area contributed by atoms with Crippen LogP contribution in [-0.4, -0.2) is 60.2 Å². The molecule has 1 fully saturated rings. The van der Waals surface area contributed by atoms with E-state index in [1.54, 1.807) is 18.4 Å². The van der Waals surface area contributed by atoms with Crippen LogP contribution in [0.4, 0.5) is 0 Å². The number of halogens is 1. The van der Waals surface area contributed by atoms with E-state index in [-0.39, 0.29) is 18.3 Å². The summed E-state index contributed by atoms with van der Waals surface area (Å²) in [5.74, 6) is 1.40. The molecule has 0 unspecified atom stereocenters. The van der Waals surface area contributed by atoms with E-state index < -0.39 is 0 Å². The van der Waals surface area contributed by atoms with Gasteiger partial charge in [-0.3, -0.25) is 9.69 Å². The van der Waals surface area contributed by atoms with Crippen LogP contribution >= 0.6 is 12.4 Å². The molecule has 0 atom stereocenters. The molecule has 1 amide bonds. The quantitative estimate of drug-likeness (QED) is 0.754. The summed E-state index contributed by atoms with van der Waals surface area (Å²) in [5, 5.41) is 10.1. The molecule has 2 N–H and O–H groups in total. The van der Waals surface area contributed by atoms with E-state index in [4.69, 9.17) is 8.94 Å². The second kappa shape index (κ2) is 9.41. The summed E-state index contributed by atoms with van der Waals surface area (Å²) in [6, 6.07) is 3.52. The van der Waals surface area contributed by atoms with Crippen molar-refractivity contribution in [3.05, 3.63) is 24.3 Å². The predicted molar refractivity (Wildman–Crippen MR) is 89.9 cm³/mol. The van der Waals surface area contributed by atoms with Crippen LogP contribution in [0, 0.1) is 0 Å². The Bertz CT molecular complexity index is 610. The van der Waals surface area contributed by atoms with Gasteiger partial charge in [0.2, 0.25) is 17.6 Å². The van der Waals surface area contributed by atoms with Gasteiger partial charge in [0.25, 0.3) is 0 Å². The zero-order chi connectivity index (χ0) is 15.9. The van der Waals surface area contributed by atoms with Gasteiger partial charge in [0.15, 0.2) is 5.76 Å². The molecular formula is C15H22ClN5O3. The van der Waals surface area contributed by atoms with Crippen molar-refractivity contribution in [1.29, 1.82) is 0 Å². The molecule has 3 rings (SSSR count). The van der Waals surface area contributed by atoms with Gasteiger partial charge < -0.3 is 19.6 Å². The van der Waals surface area contributed by atoms with E-state index in [0.29, 0.717) is 36.9 Å². The average molecular weight is 356 g/mol. The molecule has 0 aliphatic carbocycles. The van der Waals surface area contributed by atoms with Gasteiger partial charge in [-0.05, 0) is 12.1 Å². The number of aromatic nitrogens is 2. The first-order valence-electron chi connectivity index (χ1n) is 7.87. The molecule has 0 aromatic carbocycles. The van der Waals surface area contributed by atoms with E-state index in [2.05, 4.69) is 25.7 Å². The maximum Gasteiger partial charge on any atom is 0.238 e. The number of nitrogens with zero attached hydrogens (tertiary/aromatic N) is 3. The average Bonchev–Trinajstić information content (AvgIpc) is 3.25. The van der Waals surface area contributed by atoms with Crippen molar-refractivity contribution in [1.82, 2.24) is 25.7 Å². The number of hydrogen-bond acceptors (Lipinski definition) is 7. The molecule has 3 heterocycles. The lowest BCUT2D eigenvalue weighted by Crippen LogP contribution is -2.46. The number of carbonyl (C=O) groups excluding carboxylic acids is 1. The van der Waals surface area contributed by atoms with Gasteiger partial charge in [0, 0.05) is 52.1 Å². The molecule has 0 radical (unpaired) electrons. The van der Waals surface area contributed by atoms with Crippen molar-refractivity contribution < 1.29 is 13.7 Å². The molecule has 0 spiro atoms. The smallest absolute Gasteiger partial charge is 0.238 e. The van der Waals surface area contributed by atoms with E-state index in [1.165, 1.54) is 0 Å². The van der Waals surface area contributed by atoms with Crippen LogP contribution in [0.2, 0.25) is 0 Å². The lowest BCUT2D eigenvalue weighted by Gasteiger charge is -2.27. The minimum absolute atomic E-state index is 0. The molecule has 0 saturated carbocycles. The van der Waals surface area contributed by atoms with Gasteiger partial charge >= 0.3 is 0 Å². The zero-order valence-electron chi connectivity index (χ0n) is 13.4. The molecule has 8 nitrogen and oxygen atoms in total. The first-order valence-corrected chi connectivity index (χ1v) is 7.87. The standard InChI is InChI=1S/C15H21N5O3.ClH/c21-13(17-7-10-20-8-5-16-6-9-20)3-4-14-18-15(19-23-14)12-2-1-11-22-12;/h1-2,11,16H,3-10H2,(H,17,21);1H. The van der Waals surface area contributed by atoms with E-state index >= 15 is 0 Å². The van der Waals surface area contributed by atoms with Crippen molar-refractivity contribution in [2.24, 2.45) is 0 Å². The van der Waals surface area contributed by atoms with Crippen LogP contribution in [0.25, 0.3) is 11.6 Å². The fourth-order valence-electron chi connectivity index (χ4n) is 2.46. The van der Waals surface area contributed by atoms with Crippen LogP contribution in [0.15, 0.2) is 27.3 Å². The first kappa shape index (κ1) is 18.4. The fraction of sp³-hybridized carbons (Fsp3) is 0.533. The van der Waals surface area contributed by atoms with Crippen LogP contribution in [0.1, 0.15) is 12.3 Å². The van der Waals surface area contributed by atoms with Gasteiger partial charge in [-0.15, -0.1) is 12.4 Å². The normalized spacial score (nSPS) is 15.0. The predicted octanol–water partition coefficient (Wildman–Crippen LogP) is 0.705. The number of rotatable bonds is 7. The number of nitrogens with one attached hydrogen (secondary N) is 2. The molecule has 132 valence electrons. The molecule has 1 saturated heterocycles. The highest BCUT2D eigenvalue weighted by Crippen LogP contribution is 2.16. The summed E-state index contributed by atoms with van der Waals surface area (Å²) in [6.45, 7) is 5.66. The third-order valence-electron chi connectivity index (χ3n) is 3.74. The van der Waals surface area contributed by atoms with Gasteiger partial charge in [-0.25, -0.2) is 0 Å². The maximum absolute atomic E-state index is 11.8. The number of furan rings is 1. The van der Waals surface area contributed by atoms with E-state index in [9.17, 15) is 4.79 Å². The van der Waals surface area contributed by atoms with E-state index in [0.717, 1.165) is 32.7 Å². The molecule has 9 heteroatoms. The molecule has 24 heavy (non-hydrogen) atoms. The highest BCUT2D eigenvalue weighted by atomic mass is 35.5. The molecule has 1 aliphatic rings. The van der Waals surface area contributed by atoms with Crippen molar-refractivity contribution >= 4 is 18.3 Å². The number of amides is 1. The summed E-state index contributed by atoms with van der Waals surface area (Å²) in [6.07, 6.45) is 2.31. The largest absolute Gasteiger partial charge is 0.461 e. The minimum Gasteiger partial charge on any atom is -0.461 e. The number of carbonyl (C=O) groups is 1. The van der Waals surface area contributed by atoms with Crippen molar-refractivity contribution in [2.75, 3.05) is 39.3 Å². The van der Waals surface area contributed by atoms with E-state index in [1.807, 2.05) is 0 Å². The van der Waals surface area contributed by atoms with Crippen LogP contribution in [0.3, 0.4) is 0 Å². The number of piperazine rings is 1. The summed E-state index contributed by atoms with van der Waals surface area (Å²) < 4.78 is 10.3. The Kier molecular flexibility index (Phi) is 7.23. The monoisotopic (exact) mass is 355 g/mol. The molecular weight excluding hydrogens is 334 g/mol. The van der Waals surface area contributed by atoms with Crippen molar-refractivity contribution in [3.63, 3.8) is 0 Å². The summed E-state index contributed by atoms with van der Waals surface area (Å²) in [7, 11) is 0. The van der Waals surface area contributed by atoms with Crippen LogP contribution in [-0.2, 0) is 11.2 Å². The van der Waals surface area contributed by atoms with Gasteiger partial charge in [-0.2, -0.15) is 4.98 Å². The van der Waals surface area contributed by atoms with Crippen molar-refractivity contribution in [2.45, 2.75) is 12.8 Å². The third-order valence-corrected chi connectivity index (χ3v) is 3.74. The Morgan fingerprint density at radius 1 is 1.38 bits per heavy atom. The van der Waals surface area contributed by atoms with Crippen LogP contribution in [0.5, 0.6) is 0 Å². The third kappa shape index (κ3) is 5.33. The topological polar surface area (TPSA) is 96.4 Å². The Morgan fingerprint density at radius 2 is 2.21 bits per heavy atom. The zero-order valence-corrected chi connectivity index (χ0v) is 14.2. The van der Waals surface area contributed by atoms with Crippen LogP contribution < -0.4 is 10.6 Å². The molecule has 0 bridgehead atoms. The summed E-state index contributed by atoms with van der Waals surface area (Å²) in [5.41, 5.74) is 0. The second-order valence-electron chi connectivity index (χ2n) is 5.43. The van der Waals surface area contributed by atoms with Gasteiger partial charge in [0.05, 0.1) is 6.26 Å². The Hall–Kier alpha value is -1.90. The second-order valence-corrected chi connectivity index (χ2v) is 5.43. The molecule has 2 aromatic rings. The molecule has 2 aromatic heterocycles. The first-order chi connectivity index (χ1) is 11.3. The minimum atomic E-state index is -0.00196. The summed E-state index contributed by atoms with van der Waals surface area (Å²) in [4.78, 5) is 18.4. The highest BCUT2D eigenvalue weighted by Gasteiger charge is 2.13. The summed E-state index contributed by atoms with van der Waals surface area (Å²) >= 11 is 0.